The van der Waals surface area contributed by atoms with Crippen molar-refractivity contribution in [2.45, 2.75) is 44.2 Å². The monoisotopic (exact) mass is 950 g/mol. The molecular formula is C48H52F2N10O9. The van der Waals surface area contributed by atoms with Crippen LogP contribution in [0.5, 0.6) is 0 Å². The molecule has 0 bridgehead atoms. The van der Waals surface area contributed by atoms with Gasteiger partial charge in [0.2, 0.25) is 17.7 Å². The highest BCUT2D eigenvalue weighted by molar-refractivity contribution is 6.25. The lowest BCUT2D eigenvalue weighted by Gasteiger charge is -2.27. The fourth-order valence-electron chi connectivity index (χ4n) is 8.67. The molecule has 69 heavy (non-hydrogen) atoms. The van der Waals surface area contributed by atoms with E-state index in [2.05, 4.69) is 31.6 Å². The van der Waals surface area contributed by atoms with Crippen LogP contribution in [0.25, 0.3) is 0 Å². The number of nitrogen functional groups attached to an aromatic ring is 1. The number of carbonyl (C=O) groups excluding carboxylic acids is 6. The maximum Gasteiger partial charge on any atom is 0.264 e. The summed E-state index contributed by atoms with van der Waals surface area (Å²) in [4.78, 5) is 87.6. The van der Waals surface area contributed by atoms with Gasteiger partial charge in [-0.05, 0) is 91.4 Å². The number of hydrogen-bond donors (Lipinski definition) is 7. The molecule has 4 heterocycles. The standard InChI is InChI=1S/C48H52F2N10O9/c49-30-21-29(22-31(50)24-30)20-28-4-7-37(51)36(23-28)44(52)56-45(63)34-6-5-33(25-39(34)54-32-10-15-67-16-11-32)59-14-13-58(27-59)26-42(62)53-12-17-68-18-19-69-57-38-3-1-2-35-43(38)48(66)60(47(35)65)40-8-9-41(61)55-46(40)64/h1-7,21-25,32,40,54,57H,8-20,26-27,51H2,(H,53,62)(H2,52,56,63)(H,55,61,64). The van der Waals surface area contributed by atoms with Crippen molar-refractivity contribution in [2.75, 3.05) is 87.3 Å². The minimum absolute atomic E-state index is 0.0144. The molecule has 4 aromatic carbocycles. The van der Waals surface area contributed by atoms with E-state index in [0.717, 1.165) is 29.5 Å². The van der Waals surface area contributed by atoms with Crippen LogP contribution in [0.1, 0.15) is 73.4 Å². The number of imide groups is 2. The van der Waals surface area contributed by atoms with E-state index in [9.17, 15) is 37.5 Å². The molecule has 1 atom stereocenters. The molecule has 362 valence electrons. The lowest BCUT2D eigenvalue weighted by atomic mass is 10.0. The Labute approximate surface area is 395 Å². The highest BCUT2D eigenvalue weighted by Crippen LogP contribution is 2.33. The average molecular weight is 951 g/mol. The summed E-state index contributed by atoms with van der Waals surface area (Å²) in [5.74, 6) is -4.79. The summed E-state index contributed by atoms with van der Waals surface area (Å²) in [5, 5.41) is 20.0. The third-order valence-corrected chi connectivity index (χ3v) is 12.1. The van der Waals surface area contributed by atoms with Crippen LogP contribution in [0.2, 0.25) is 0 Å². The molecular weight excluding hydrogens is 899 g/mol. The minimum Gasteiger partial charge on any atom is -0.398 e. The van der Waals surface area contributed by atoms with Crippen molar-refractivity contribution >= 4 is 64.0 Å². The van der Waals surface area contributed by atoms with Crippen molar-refractivity contribution < 1.29 is 51.9 Å². The summed E-state index contributed by atoms with van der Waals surface area (Å²) in [7, 11) is 0. The van der Waals surface area contributed by atoms with E-state index in [0.29, 0.717) is 55.3 Å². The van der Waals surface area contributed by atoms with E-state index in [4.69, 9.17) is 25.5 Å². The summed E-state index contributed by atoms with van der Waals surface area (Å²) in [5.41, 5.74) is 12.6. The fourth-order valence-corrected chi connectivity index (χ4v) is 8.67. The third-order valence-electron chi connectivity index (χ3n) is 12.1. The number of amidine groups is 1. The molecule has 3 fully saturated rings. The normalized spacial score (nSPS) is 17.4. The van der Waals surface area contributed by atoms with Crippen molar-refractivity contribution in [3.8, 4) is 0 Å². The van der Waals surface area contributed by atoms with E-state index in [1.807, 2.05) is 17.0 Å². The summed E-state index contributed by atoms with van der Waals surface area (Å²) < 4.78 is 38.9. The number of hydrogen-bond acceptors (Lipinski definition) is 15. The molecule has 3 saturated heterocycles. The van der Waals surface area contributed by atoms with Crippen LogP contribution >= 0.6 is 0 Å². The number of nitrogens with one attached hydrogen (secondary N) is 6. The quantitative estimate of drug-likeness (QED) is 0.0189. The molecule has 21 heteroatoms. The van der Waals surface area contributed by atoms with Crippen molar-refractivity contribution in [1.82, 2.24) is 25.8 Å². The zero-order valence-electron chi connectivity index (χ0n) is 37.5. The van der Waals surface area contributed by atoms with Gasteiger partial charge in [-0.1, -0.05) is 12.1 Å². The van der Waals surface area contributed by atoms with Gasteiger partial charge in [-0.25, -0.2) is 8.78 Å². The van der Waals surface area contributed by atoms with Gasteiger partial charge >= 0.3 is 0 Å². The number of ether oxygens (including phenoxy) is 2. The largest absolute Gasteiger partial charge is 0.398 e. The number of nitrogens with zero attached hydrogens (tertiary/aromatic N) is 3. The second kappa shape index (κ2) is 21.7. The van der Waals surface area contributed by atoms with Crippen molar-refractivity contribution in [1.29, 1.82) is 5.41 Å². The Kier molecular flexibility index (Phi) is 15.2. The average Bonchev–Trinajstić information content (AvgIpc) is 3.89. The van der Waals surface area contributed by atoms with Gasteiger partial charge in [0.05, 0.1) is 55.4 Å². The van der Waals surface area contributed by atoms with Gasteiger partial charge in [0.25, 0.3) is 17.7 Å². The first-order valence-corrected chi connectivity index (χ1v) is 22.6. The number of halogens is 2. The highest BCUT2D eigenvalue weighted by atomic mass is 19.1. The first-order valence-electron chi connectivity index (χ1n) is 22.6. The van der Waals surface area contributed by atoms with Gasteiger partial charge in [-0.3, -0.25) is 59.6 Å². The lowest BCUT2D eigenvalue weighted by molar-refractivity contribution is -0.136. The molecule has 8 N–H and O–H groups in total. The maximum atomic E-state index is 13.9. The van der Waals surface area contributed by atoms with Gasteiger partial charge in [0, 0.05) is 74.0 Å². The van der Waals surface area contributed by atoms with E-state index in [1.165, 1.54) is 18.2 Å². The Bertz CT molecular complexity index is 2640. The highest BCUT2D eigenvalue weighted by Gasteiger charge is 2.45. The molecule has 4 aliphatic rings. The van der Waals surface area contributed by atoms with Crippen LogP contribution in [-0.4, -0.2) is 129 Å². The molecule has 19 nitrogen and oxygen atoms in total. The summed E-state index contributed by atoms with van der Waals surface area (Å²) in [6.07, 6.45) is 1.72. The van der Waals surface area contributed by atoms with Crippen LogP contribution in [-0.2, 0) is 35.1 Å². The predicted octanol–water partition coefficient (Wildman–Crippen LogP) is 3.14. The molecule has 0 saturated carbocycles. The first-order chi connectivity index (χ1) is 33.3. The minimum atomic E-state index is -1.09. The number of amides is 6. The number of anilines is 4. The Morgan fingerprint density at radius 2 is 1.65 bits per heavy atom. The SMILES string of the molecule is N=C(NC(=O)c1ccc(N2CCN(CC(=O)NCCOCCONc3cccc4c3C(=O)N(C3CCC(=O)NC3=O)C4=O)C2)cc1NC1CCOCC1)c1cc(Cc2cc(F)cc(F)c2)ccc1N. The van der Waals surface area contributed by atoms with Gasteiger partial charge < -0.3 is 36.1 Å². The van der Waals surface area contributed by atoms with Crippen molar-refractivity contribution in [3.63, 3.8) is 0 Å². The number of piperidine rings is 1. The first kappa shape index (κ1) is 48.1. The van der Waals surface area contributed by atoms with E-state index >= 15 is 0 Å². The summed E-state index contributed by atoms with van der Waals surface area (Å²) >= 11 is 0. The fraction of sp³-hybridized carbons (Fsp3) is 0.354. The summed E-state index contributed by atoms with van der Waals surface area (Å²) in [6.45, 7) is 3.66. The molecule has 0 aliphatic carbocycles. The molecule has 0 aromatic heterocycles. The van der Waals surface area contributed by atoms with Gasteiger partial charge in [-0.15, -0.1) is 0 Å². The Morgan fingerprint density at radius 1 is 0.855 bits per heavy atom. The zero-order chi connectivity index (χ0) is 48.6. The van der Waals surface area contributed by atoms with E-state index < -0.39 is 47.2 Å². The topological polar surface area (TPSA) is 250 Å². The van der Waals surface area contributed by atoms with Crippen molar-refractivity contribution in [3.05, 3.63) is 118 Å². The van der Waals surface area contributed by atoms with Crippen molar-refractivity contribution in [2.24, 2.45) is 0 Å². The Morgan fingerprint density at radius 3 is 2.43 bits per heavy atom. The number of benzene rings is 4. The Balaban J connectivity index is 0.787. The van der Waals surface area contributed by atoms with Crippen LogP contribution < -0.4 is 37.4 Å². The molecule has 1 unspecified atom stereocenters. The zero-order valence-corrected chi connectivity index (χ0v) is 37.5. The number of fused-ring (bicyclic) bond motifs is 1. The van der Waals surface area contributed by atoms with E-state index in [-0.39, 0.29) is 98.0 Å². The van der Waals surface area contributed by atoms with E-state index in [1.54, 1.807) is 36.4 Å². The summed E-state index contributed by atoms with van der Waals surface area (Å²) in [6, 6.07) is 17.2. The van der Waals surface area contributed by atoms with Gasteiger partial charge in [0.1, 0.15) is 23.5 Å². The van der Waals surface area contributed by atoms with Crippen LogP contribution in [0, 0.1) is 17.0 Å². The molecule has 8 rings (SSSR count). The number of carbonyl (C=O) groups is 6. The number of nitrogens with two attached hydrogens (primary N) is 1. The third kappa shape index (κ3) is 11.7. The maximum absolute atomic E-state index is 13.9. The second-order valence-corrected chi connectivity index (χ2v) is 17.0. The molecule has 4 aliphatic heterocycles. The van der Waals surface area contributed by atoms with Gasteiger partial charge in [-0.2, -0.15) is 0 Å². The molecule has 0 spiro atoms. The molecule has 0 radical (unpaired) electrons. The Hall–Kier alpha value is -7.33. The number of rotatable bonds is 18. The molecule has 6 amide bonds. The second-order valence-electron chi connectivity index (χ2n) is 17.0. The smallest absolute Gasteiger partial charge is 0.264 e. The van der Waals surface area contributed by atoms with Crippen LogP contribution in [0.4, 0.5) is 31.5 Å². The molecule has 4 aromatic rings. The van der Waals surface area contributed by atoms with Gasteiger partial charge in [0.15, 0.2) is 0 Å². The van der Waals surface area contributed by atoms with Crippen LogP contribution in [0.3, 0.4) is 0 Å². The van der Waals surface area contributed by atoms with Crippen LogP contribution in [0.15, 0.2) is 72.8 Å². The lowest BCUT2D eigenvalue weighted by Crippen LogP contribution is -2.54. The predicted molar refractivity (Wildman–Crippen MR) is 249 cm³/mol.